The molecule has 0 aliphatic carbocycles. The first kappa shape index (κ1) is 15.8. The van der Waals surface area contributed by atoms with Gasteiger partial charge in [-0.3, -0.25) is 9.48 Å². The highest BCUT2D eigenvalue weighted by Crippen LogP contribution is 2.21. The molecule has 0 fully saturated rings. The molecule has 0 atom stereocenters. The molecule has 0 aliphatic heterocycles. The Kier molecular flexibility index (Phi) is 4.99. The number of hydrogen-bond acceptors (Lipinski definition) is 3. The van der Waals surface area contributed by atoms with E-state index in [0.717, 1.165) is 22.4 Å². The molecular weight excluding hydrogens is 278 g/mol. The molecule has 0 saturated heterocycles. The van der Waals surface area contributed by atoms with Crippen LogP contribution in [0.1, 0.15) is 16.7 Å². The number of nitrogens with zero attached hydrogens (tertiary/aromatic N) is 3. The molecule has 1 amide bonds. The Morgan fingerprint density at radius 2 is 2.23 bits per heavy atom. The second kappa shape index (κ2) is 6.93. The molecule has 0 N–H and O–H groups in total. The number of carbonyl (C=O) groups excluding carboxylic acids is 1. The van der Waals surface area contributed by atoms with Gasteiger partial charge in [0.2, 0.25) is 5.91 Å². The Morgan fingerprint density at radius 1 is 1.45 bits per heavy atom. The number of aromatic nitrogens is 2. The van der Waals surface area contributed by atoms with E-state index in [-0.39, 0.29) is 5.91 Å². The van der Waals surface area contributed by atoms with Crippen molar-refractivity contribution < 1.29 is 9.53 Å². The minimum absolute atomic E-state index is 0.0626. The molecule has 2 aromatic rings. The van der Waals surface area contributed by atoms with Gasteiger partial charge in [0, 0.05) is 44.0 Å². The van der Waals surface area contributed by atoms with Crippen molar-refractivity contribution in [1.29, 1.82) is 0 Å². The van der Waals surface area contributed by atoms with Crippen molar-refractivity contribution in [3.8, 4) is 5.75 Å². The van der Waals surface area contributed by atoms with Crippen LogP contribution in [0.25, 0.3) is 6.08 Å². The molecule has 1 aromatic heterocycles. The topological polar surface area (TPSA) is 47.4 Å². The number of hydrogen-bond donors (Lipinski definition) is 0. The third-order valence-electron chi connectivity index (χ3n) is 3.36. The van der Waals surface area contributed by atoms with Crippen molar-refractivity contribution in [3.05, 3.63) is 53.4 Å². The molecule has 0 unspecified atom stereocenters. The van der Waals surface area contributed by atoms with Crippen LogP contribution < -0.4 is 4.74 Å². The van der Waals surface area contributed by atoms with Gasteiger partial charge in [0.1, 0.15) is 5.75 Å². The van der Waals surface area contributed by atoms with Gasteiger partial charge in [0.25, 0.3) is 0 Å². The standard InChI is InChI=1S/C17H21N3O2/c1-13-5-7-16(22-4)15(9-13)12-19(2)17(21)8-6-14-10-18-20(3)11-14/h5-11H,12H2,1-4H3/b8-6+. The number of benzene rings is 1. The zero-order valence-electron chi connectivity index (χ0n) is 13.4. The minimum Gasteiger partial charge on any atom is -0.496 e. The number of ether oxygens (including phenoxy) is 1. The summed E-state index contributed by atoms with van der Waals surface area (Å²) in [4.78, 5) is 13.8. The van der Waals surface area contributed by atoms with E-state index in [2.05, 4.69) is 5.10 Å². The molecule has 5 heteroatoms. The molecule has 0 saturated carbocycles. The fourth-order valence-corrected chi connectivity index (χ4v) is 2.19. The SMILES string of the molecule is COc1ccc(C)cc1CN(C)C(=O)/C=C/c1cnn(C)c1. The fraction of sp³-hybridized carbons (Fsp3) is 0.294. The lowest BCUT2D eigenvalue weighted by atomic mass is 10.1. The summed E-state index contributed by atoms with van der Waals surface area (Å²) in [6.07, 6.45) is 6.89. The Labute approximate surface area is 130 Å². The molecule has 0 radical (unpaired) electrons. The molecule has 0 spiro atoms. The molecule has 0 aliphatic rings. The van der Waals surface area contributed by atoms with Gasteiger partial charge in [-0.25, -0.2) is 0 Å². The number of amides is 1. The van der Waals surface area contributed by atoms with E-state index in [9.17, 15) is 4.79 Å². The summed E-state index contributed by atoms with van der Waals surface area (Å²) in [5.74, 6) is 0.730. The van der Waals surface area contributed by atoms with Gasteiger partial charge in [-0.05, 0) is 19.1 Å². The maximum absolute atomic E-state index is 12.2. The van der Waals surface area contributed by atoms with E-state index in [4.69, 9.17) is 4.74 Å². The zero-order chi connectivity index (χ0) is 16.1. The van der Waals surface area contributed by atoms with E-state index >= 15 is 0 Å². The molecule has 5 nitrogen and oxygen atoms in total. The van der Waals surface area contributed by atoms with Gasteiger partial charge < -0.3 is 9.64 Å². The number of carbonyl (C=O) groups is 1. The van der Waals surface area contributed by atoms with Gasteiger partial charge in [-0.2, -0.15) is 5.10 Å². The fourth-order valence-electron chi connectivity index (χ4n) is 2.19. The van der Waals surface area contributed by atoms with Crippen molar-refractivity contribution in [2.45, 2.75) is 13.5 Å². The summed E-state index contributed by atoms with van der Waals surface area (Å²) < 4.78 is 7.05. The minimum atomic E-state index is -0.0626. The average molecular weight is 299 g/mol. The Bertz CT molecular complexity index is 689. The monoisotopic (exact) mass is 299 g/mol. The maximum atomic E-state index is 12.2. The molecule has 22 heavy (non-hydrogen) atoms. The predicted octanol–water partition coefficient (Wildman–Crippen LogP) is 2.41. The van der Waals surface area contributed by atoms with Gasteiger partial charge in [-0.1, -0.05) is 17.7 Å². The smallest absolute Gasteiger partial charge is 0.246 e. The molecule has 1 aromatic carbocycles. The van der Waals surface area contributed by atoms with Crippen LogP contribution in [0.3, 0.4) is 0 Å². The van der Waals surface area contributed by atoms with Crippen LogP contribution in [0.4, 0.5) is 0 Å². The van der Waals surface area contributed by atoms with Crippen molar-refractivity contribution in [3.63, 3.8) is 0 Å². The predicted molar refractivity (Wildman–Crippen MR) is 86.4 cm³/mol. The van der Waals surface area contributed by atoms with Crippen molar-refractivity contribution in [1.82, 2.24) is 14.7 Å². The Morgan fingerprint density at radius 3 is 2.86 bits per heavy atom. The van der Waals surface area contributed by atoms with E-state index in [0.29, 0.717) is 6.54 Å². The van der Waals surface area contributed by atoms with Gasteiger partial charge in [0.15, 0.2) is 0 Å². The highest BCUT2D eigenvalue weighted by molar-refractivity contribution is 5.91. The van der Waals surface area contributed by atoms with Crippen molar-refractivity contribution in [2.75, 3.05) is 14.2 Å². The molecule has 2 rings (SSSR count). The first-order valence-electron chi connectivity index (χ1n) is 7.05. The molecule has 0 bridgehead atoms. The second-order valence-electron chi connectivity index (χ2n) is 5.29. The number of rotatable bonds is 5. The Balaban J connectivity index is 2.05. The Hall–Kier alpha value is -2.56. The quantitative estimate of drug-likeness (QED) is 0.797. The van der Waals surface area contributed by atoms with Gasteiger partial charge in [-0.15, -0.1) is 0 Å². The first-order valence-corrected chi connectivity index (χ1v) is 7.05. The summed E-state index contributed by atoms with van der Waals surface area (Å²) in [5, 5.41) is 4.06. The van der Waals surface area contributed by atoms with E-state index in [1.54, 1.807) is 42.1 Å². The summed E-state index contributed by atoms with van der Waals surface area (Å²) in [7, 11) is 5.26. The van der Waals surface area contributed by atoms with Crippen LogP contribution in [0, 0.1) is 6.92 Å². The number of methoxy groups -OCH3 is 1. The van der Waals surface area contributed by atoms with Crippen LogP contribution in [0.5, 0.6) is 5.75 Å². The molecule has 116 valence electrons. The van der Waals surface area contributed by atoms with E-state index in [1.807, 2.05) is 38.4 Å². The van der Waals surface area contributed by atoms with Crippen molar-refractivity contribution in [2.24, 2.45) is 7.05 Å². The molecular formula is C17H21N3O2. The lowest BCUT2D eigenvalue weighted by Crippen LogP contribution is -2.24. The van der Waals surface area contributed by atoms with Crippen molar-refractivity contribution >= 4 is 12.0 Å². The number of likely N-dealkylation sites (N-methyl/N-ethyl adjacent to an activating group) is 1. The largest absolute Gasteiger partial charge is 0.496 e. The van der Waals surface area contributed by atoms with Crippen LogP contribution >= 0.6 is 0 Å². The van der Waals surface area contributed by atoms with Gasteiger partial charge >= 0.3 is 0 Å². The summed E-state index contributed by atoms with van der Waals surface area (Å²) in [5.41, 5.74) is 3.04. The van der Waals surface area contributed by atoms with E-state index in [1.165, 1.54) is 0 Å². The van der Waals surface area contributed by atoms with Crippen LogP contribution in [-0.2, 0) is 18.4 Å². The lowest BCUT2D eigenvalue weighted by molar-refractivity contribution is -0.125. The summed E-state index contributed by atoms with van der Waals surface area (Å²) in [6, 6.07) is 5.95. The molecule has 1 heterocycles. The van der Waals surface area contributed by atoms with Crippen LogP contribution in [-0.4, -0.2) is 34.7 Å². The van der Waals surface area contributed by atoms with E-state index < -0.39 is 0 Å². The first-order chi connectivity index (χ1) is 10.5. The third-order valence-corrected chi connectivity index (χ3v) is 3.36. The number of aryl methyl sites for hydroxylation is 2. The zero-order valence-corrected chi connectivity index (χ0v) is 13.4. The highest BCUT2D eigenvalue weighted by atomic mass is 16.5. The normalized spacial score (nSPS) is 10.9. The second-order valence-corrected chi connectivity index (χ2v) is 5.29. The van der Waals surface area contributed by atoms with Gasteiger partial charge in [0.05, 0.1) is 13.3 Å². The van der Waals surface area contributed by atoms with Crippen LogP contribution in [0.2, 0.25) is 0 Å². The lowest BCUT2D eigenvalue weighted by Gasteiger charge is -2.17. The highest BCUT2D eigenvalue weighted by Gasteiger charge is 2.10. The van der Waals surface area contributed by atoms with Crippen LogP contribution in [0.15, 0.2) is 36.7 Å². The third kappa shape index (κ3) is 3.97. The average Bonchev–Trinajstić information content (AvgIpc) is 2.90. The summed E-state index contributed by atoms with van der Waals surface area (Å²) in [6.45, 7) is 2.52. The maximum Gasteiger partial charge on any atom is 0.246 e. The summed E-state index contributed by atoms with van der Waals surface area (Å²) >= 11 is 0.